The number of nitrogens with zero attached hydrogens (tertiary/aromatic N) is 2. The van der Waals surface area contributed by atoms with Gasteiger partial charge in [-0.25, -0.2) is 8.78 Å². The molecule has 0 saturated carbocycles. The summed E-state index contributed by atoms with van der Waals surface area (Å²) in [6.07, 6.45) is 1.05. The molecule has 20 heavy (non-hydrogen) atoms. The minimum Gasteiger partial charge on any atom is -0.296 e. The molecule has 0 aromatic heterocycles. The van der Waals surface area contributed by atoms with Crippen molar-refractivity contribution in [2.75, 3.05) is 19.6 Å². The number of hydrogen-bond acceptors (Lipinski definition) is 2. The van der Waals surface area contributed by atoms with E-state index in [1.54, 1.807) is 0 Å². The topological polar surface area (TPSA) is 6.48 Å². The number of piperidine rings is 1. The van der Waals surface area contributed by atoms with Gasteiger partial charge in [0.2, 0.25) is 0 Å². The maximum Gasteiger partial charge on any atom is 0.113 e. The summed E-state index contributed by atoms with van der Waals surface area (Å²) in [6.45, 7) is 10.4. The highest BCUT2D eigenvalue weighted by Crippen LogP contribution is 2.32. The predicted molar refractivity (Wildman–Crippen MR) is 79.2 cm³/mol. The first-order chi connectivity index (χ1) is 9.40. The smallest absolute Gasteiger partial charge is 0.113 e. The van der Waals surface area contributed by atoms with E-state index in [1.807, 2.05) is 0 Å². The van der Waals surface area contributed by atoms with Crippen molar-refractivity contribution in [1.82, 2.24) is 9.80 Å². The number of likely N-dealkylation sites (tertiary alicyclic amines) is 1. The Kier molecular flexibility index (Phi) is 5.19. The molecule has 2 rings (SSSR count). The first-order valence-corrected chi connectivity index (χ1v) is 7.91. The largest absolute Gasteiger partial charge is 0.296 e. The molecule has 0 bridgehead atoms. The lowest BCUT2D eigenvalue weighted by molar-refractivity contribution is 0.0656. The molecule has 2 nitrogen and oxygen atoms in total. The lowest BCUT2D eigenvalue weighted by Crippen LogP contribution is -2.51. The van der Waals surface area contributed by atoms with Crippen molar-refractivity contribution >= 4 is 0 Å². The van der Waals surface area contributed by atoms with E-state index in [-0.39, 0.29) is 17.9 Å². The minimum absolute atomic E-state index is 0.0508. The summed E-state index contributed by atoms with van der Waals surface area (Å²) in [7, 11) is 0. The maximum absolute atomic E-state index is 14.3. The molecule has 2 aliphatic heterocycles. The number of alkyl halides is 1. The van der Waals surface area contributed by atoms with Crippen LogP contribution in [0.25, 0.3) is 0 Å². The highest BCUT2D eigenvalue weighted by molar-refractivity contribution is 5.22. The zero-order valence-corrected chi connectivity index (χ0v) is 13.2. The zero-order chi connectivity index (χ0) is 14.9. The number of hydrogen-bond donors (Lipinski definition) is 0. The Balaban J connectivity index is 2.18. The summed E-state index contributed by atoms with van der Waals surface area (Å²) >= 11 is 0. The summed E-state index contributed by atoms with van der Waals surface area (Å²) < 4.78 is 28.0. The first kappa shape index (κ1) is 15.9. The molecule has 116 valence electrons. The van der Waals surface area contributed by atoms with Gasteiger partial charge in [0.15, 0.2) is 0 Å². The van der Waals surface area contributed by atoms with Gasteiger partial charge in [-0.15, -0.1) is 0 Å². The van der Waals surface area contributed by atoms with Crippen LogP contribution in [-0.2, 0) is 0 Å². The van der Waals surface area contributed by atoms with Crippen LogP contribution < -0.4 is 0 Å². The molecular formula is C16H28F2N2. The Labute approximate surface area is 121 Å². The second-order valence-corrected chi connectivity index (χ2v) is 6.73. The van der Waals surface area contributed by atoms with E-state index in [0.717, 1.165) is 18.5 Å². The van der Waals surface area contributed by atoms with Gasteiger partial charge in [0, 0.05) is 44.2 Å². The lowest BCUT2D eigenvalue weighted by Gasteiger charge is -2.44. The van der Waals surface area contributed by atoms with Crippen LogP contribution in [0.15, 0.2) is 11.4 Å². The third-order valence-electron chi connectivity index (χ3n) is 4.70. The van der Waals surface area contributed by atoms with Crippen LogP contribution in [-0.4, -0.2) is 53.7 Å². The van der Waals surface area contributed by atoms with Crippen LogP contribution in [0.1, 0.15) is 47.0 Å². The summed E-state index contributed by atoms with van der Waals surface area (Å²) in [5, 5.41) is 0. The molecule has 1 fully saturated rings. The Hall–Kier alpha value is -0.480. The van der Waals surface area contributed by atoms with Gasteiger partial charge in [0.05, 0.1) is 0 Å². The van der Waals surface area contributed by atoms with Crippen LogP contribution in [0, 0.1) is 0 Å². The third-order valence-corrected chi connectivity index (χ3v) is 4.70. The molecule has 1 saturated heterocycles. The van der Waals surface area contributed by atoms with Gasteiger partial charge < -0.3 is 0 Å². The van der Waals surface area contributed by atoms with Crippen molar-refractivity contribution in [2.24, 2.45) is 0 Å². The maximum atomic E-state index is 14.3. The van der Waals surface area contributed by atoms with Crippen LogP contribution in [0.4, 0.5) is 8.78 Å². The van der Waals surface area contributed by atoms with Gasteiger partial charge in [-0.2, -0.15) is 0 Å². The normalized spacial score (nSPS) is 30.6. The van der Waals surface area contributed by atoms with Crippen LogP contribution >= 0.6 is 0 Å². The molecule has 0 N–H and O–H groups in total. The van der Waals surface area contributed by atoms with Gasteiger partial charge in [-0.3, -0.25) is 9.80 Å². The molecular weight excluding hydrogens is 258 g/mol. The molecule has 0 aromatic rings. The van der Waals surface area contributed by atoms with E-state index >= 15 is 0 Å². The molecule has 2 aliphatic rings. The first-order valence-electron chi connectivity index (χ1n) is 7.91. The van der Waals surface area contributed by atoms with Gasteiger partial charge in [0.1, 0.15) is 12.0 Å². The molecule has 0 aromatic carbocycles. The van der Waals surface area contributed by atoms with Crippen molar-refractivity contribution in [2.45, 2.75) is 71.3 Å². The van der Waals surface area contributed by atoms with Gasteiger partial charge >= 0.3 is 0 Å². The van der Waals surface area contributed by atoms with Crippen LogP contribution in [0.2, 0.25) is 0 Å². The monoisotopic (exact) mass is 286 g/mol. The average molecular weight is 286 g/mol. The van der Waals surface area contributed by atoms with Gasteiger partial charge in [-0.1, -0.05) is 0 Å². The van der Waals surface area contributed by atoms with Crippen molar-refractivity contribution in [1.29, 1.82) is 0 Å². The standard InChI is InChI=1S/C16H28F2N2/c1-11(2)19-8-7-15(18)14(10-19)16-6-5-13(17)9-20(16)12(3)4/h11-13,16H,5-10H2,1-4H3. The predicted octanol–water partition coefficient (Wildman–Crippen LogP) is 3.54. The fraction of sp³-hybridized carbons (Fsp3) is 0.875. The Bertz CT molecular complexity index is 365. The summed E-state index contributed by atoms with van der Waals surface area (Å²) in [6, 6.07) is 0.778. The molecule has 0 amide bonds. The molecule has 4 heteroatoms. The average Bonchev–Trinajstić information content (AvgIpc) is 2.39. The van der Waals surface area contributed by atoms with Crippen molar-refractivity contribution < 1.29 is 8.78 Å². The molecule has 2 unspecified atom stereocenters. The number of halogens is 2. The van der Waals surface area contributed by atoms with Gasteiger partial charge in [0.25, 0.3) is 0 Å². The van der Waals surface area contributed by atoms with E-state index in [0.29, 0.717) is 32.0 Å². The van der Waals surface area contributed by atoms with Crippen LogP contribution in [0.3, 0.4) is 0 Å². The van der Waals surface area contributed by atoms with E-state index in [2.05, 4.69) is 37.5 Å². The van der Waals surface area contributed by atoms with E-state index in [4.69, 9.17) is 0 Å². The molecule has 0 radical (unpaired) electrons. The van der Waals surface area contributed by atoms with E-state index in [1.165, 1.54) is 0 Å². The molecule has 0 spiro atoms. The van der Waals surface area contributed by atoms with Crippen LogP contribution in [0.5, 0.6) is 0 Å². The van der Waals surface area contributed by atoms with Crippen molar-refractivity contribution in [3.05, 3.63) is 11.4 Å². The lowest BCUT2D eigenvalue weighted by atomic mass is 9.90. The fourth-order valence-electron chi connectivity index (χ4n) is 3.41. The highest BCUT2D eigenvalue weighted by atomic mass is 19.1. The van der Waals surface area contributed by atoms with E-state index in [9.17, 15) is 8.78 Å². The summed E-state index contributed by atoms with van der Waals surface area (Å²) in [5.41, 5.74) is 0.908. The second-order valence-electron chi connectivity index (χ2n) is 6.73. The number of rotatable bonds is 3. The zero-order valence-electron chi connectivity index (χ0n) is 13.2. The van der Waals surface area contributed by atoms with Crippen molar-refractivity contribution in [3.63, 3.8) is 0 Å². The quantitative estimate of drug-likeness (QED) is 0.783. The highest BCUT2D eigenvalue weighted by Gasteiger charge is 2.35. The summed E-state index contributed by atoms with van der Waals surface area (Å²) in [5.74, 6) is 0.0508. The minimum atomic E-state index is -0.762. The Morgan fingerprint density at radius 1 is 1.10 bits per heavy atom. The van der Waals surface area contributed by atoms with Crippen molar-refractivity contribution in [3.8, 4) is 0 Å². The molecule has 0 aliphatic carbocycles. The SMILES string of the molecule is CC(C)N1CCC(F)=C(C2CCC(F)CN2C(C)C)C1. The Morgan fingerprint density at radius 2 is 1.80 bits per heavy atom. The summed E-state index contributed by atoms with van der Waals surface area (Å²) in [4.78, 5) is 4.46. The molecule has 2 heterocycles. The fourth-order valence-corrected chi connectivity index (χ4v) is 3.41. The van der Waals surface area contributed by atoms with Gasteiger partial charge in [-0.05, 0) is 46.1 Å². The van der Waals surface area contributed by atoms with E-state index < -0.39 is 6.17 Å². The molecule has 2 atom stereocenters. The Morgan fingerprint density at radius 3 is 2.40 bits per heavy atom. The second kappa shape index (κ2) is 6.52. The third kappa shape index (κ3) is 3.40.